The summed E-state index contributed by atoms with van der Waals surface area (Å²) in [5.41, 5.74) is 0. The number of sulfonamides is 1. The molecule has 0 unspecified atom stereocenters. The second-order valence-electron chi connectivity index (χ2n) is 6.66. The molecular weight excluding hydrogens is 354 g/mol. The molecule has 0 spiro atoms. The second-order valence-corrected chi connectivity index (χ2v) is 9.54. The number of hydrogen-bond donors (Lipinski definition) is 0. The number of aromatic nitrogens is 1. The Morgan fingerprint density at radius 1 is 1.04 bits per heavy atom. The normalized spacial score (nSPS) is 22.4. The molecule has 25 heavy (non-hydrogen) atoms. The van der Waals surface area contributed by atoms with Gasteiger partial charge in [0.05, 0.1) is 6.04 Å². The van der Waals surface area contributed by atoms with E-state index in [4.69, 9.17) is 0 Å². The predicted molar refractivity (Wildman–Crippen MR) is 100 cm³/mol. The van der Waals surface area contributed by atoms with Crippen LogP contribution in [0.2, 0.25) is 0 Å². The molecule has 2 aromatic rings. The van der Waals surface area contributed by atoms with E-state index >= 15 is 0 Å². The highest BCUT2D eigenvalue weighted by molar-refractivity contribution is 7.89. The van der Waals surface area contributed by atoms with Gasteiger partial charge in [0.25, 0.3) is 0 Å². The highest BCUT2D eigenvalue weighted by Crippen LogP contribution is 2.40. The van der Waals surface area contributed by atoms with Crippen LogP contribution in [0.5, 0.6) is 0 Å². The summed E-state index contributed by atoms with van der Waals surface area (Å²) in [7, 11) is -3.49. The van der Waals surface area contributed by atoms with E-state index in [1.54, 1.807) is 34.0 Å². The Hall–Kier alpha value is -1.44. The molecule has 0 bridgehead atoms. The molecule has 1 atom stereocenters. The molecule has 2 aliphatic heterocycles. The summed E-state index contributed by atoms with van der Waals surface area (Å²) < 4.78 is 28.1. The minimum absolute atomic E-state index is 0.227. The zero-order valence-corrected chi connectivity index (χ0v) is 15.8. The van der Waals surface area contributed by atoms with Crippen molar-refractivity contribution in [2.75, 3.05) is 24.5 Å². The van der Waals surface area contributed by atoms with Gasteiger partial charge in [-0.1, -0.05) is 12.5 Å². The third-order valence-corrected chi connectivity index (χ3v) is 7.97. The Bertz CT molecular complexity index is 815. The van der Waals surface area contributed by atoms with Gasteiger partial charge >= 0.3 is 0 Å². The first-order valence-electron chi connectivity index (χ1n) is 8.93. The van der Waals surface area contributed by atoms with Crippen LogP contribution in [0.4, 0.5) is 5.82 Å². The van der Waals surface area contributed by atoms with Gasteiger partial charge < -0.3 is 4.90 Å². The molecule has 5 nitrogen and oxygen atoms in total. The summed E-state index contributed by atoms with van der Waals surface area (Å²) >= 11 is 1.73. The van der Waals surface area contributed by atoms with Gasteiger partial charge in [0, 0.05) is 30.7 Å². The van der Waals surface area contributed by atoms with Gasteiger partial charge in [0.1, 0.15) is 10.7 Å². The summed E-state index contributed by atoms with van der Waals surface area (Å²) in [5, 5.41) is 2.08. The third kappa shape index (κ3) is 3.20. The Kier molecular flexibility index (Phi) is 4.80. The minimum atomic E-state index is -3.49. The van der Waals surface area contributed by atoms with Crippen LogP contribution >= 0.6 is 11.3 Å². The molecule has 0 saturated carbocycles. The topological polar surface area (TPSA) is 53.5 Å². The van der Waals surface area contributed by atoms with E-state index in [1.165, 1.54) is 4.88 Å². The monoisotopic (exact) mass is 377 g/mol. The molecule has 4 rings (SSSR count). The van der Waals surface area contributed by atoms with Crippen molar-refractivity contribution in [1.29, 1.82) is 0 Å². The van der Waals surface area contributed by atoms with Crippen molar-refractivity contribution in [3.63, 3.8) is 0 Å². The van der Waals surface area contributed by atoms with Gasteiger partial charge in [0.2, 0.25) is 10.0 Å². The van der Waals surface area contributed by atoms with Crippen molar-refractivity contribution in [3.05, 3.63) is 40.7 Å². The highest BCUT2D eigenvalue weighted by atomic mass is 32.2. The predicted octanol–water partition coefficient (Wildman–Crippen LogP) is 3.66. The molecule has 2 aliphatic rings. The number of anilines is 1. The van der Waals surface area contributed by atoms with Crippen molar-refractivity contribution in [2.45, 2.75) is 43.0 Å². The highest BCUT2D eigenvalue weighted by Gasteiger charge is 2.34. The zero-order valence-electron chi connectivity index (χ0n) is 14.2. The van der Waals surface area contributed by atoms with E-state index in [0.717, 1.165) is 38.6 Å². The van der Waals surface area contributed by atoms with Crippen LogP contribution in [0.15, 0.2) is 40.7 Å². The van der Waals surface area contributed by atoms with Gasteiger partial charge in [-0.15, -0.1) is 11.3 Å². The van der Waals surface area contributed by atoms with Crippen molar-refractivity contribution < 1.29 is 8.42 Å². The van der Waals surface area contributed by atoms with E-state index in [2.05, 4.69) is 27.4 Å². The molecule has 134 valence electrons. The molecule has 0 amide bonds. The molecule has 2 saturated heterocycles. The largest absolute Gasteiger partial charge is 0.348 e. The lowest BCUT2D eigenvalue weighted by atomic mass is 10.2. The smallest absolute Gasteiger partial charge is 0.246 e. The van der Waals surface area contributed by atoms with Crippen molar-refractivity contribution in [2.24, 2.45) is 0 Å². The average Bonchev–Trinajstić information content (AvgIpc) is 3.33. The summed E-state index contributed by atoms with van der Waals surface area (Å²) in [6.07, 6.45) is 6.79. The van der Waals surface area contributed by atoms with Crippen LogP contribution in [0.25, 0.3) is 0 Å². The molecule has 7 heteroatoms. The minimum Gasteiger partial charge on any atom is -0.348 e. The van der Waals surface area contributed by atoms with E-state index in [9.17, 15) is 8.42 Å². The maximum Gasteiger partial charge on any atom is 0.246 e. The molecule has 0 radical (unpaired) electrons. The van der Waals surface area contributed by atoms with Crippen molar-refractivity contribution >= 4 is 27.2 Å². The first-order chi connectivity index (χ1) is 12.2. The molecule has 4 heterocycles. The summed E-state index contributed by atoms with van der Waals surface area (Å²) in [6.45, 7) is 2.08. The summed E-state index contributed by atoms with van der Waals surface area (Å²) in [5.74, 6) is 0.615. The molecule has 0 aromatic carbocycles. The number of nitrogens with zero attached hydrogens (tertiary/aromatic N) is 3. The Morgan fingerprint density at radius 2 is 1.88 bits per heavy atom. The quantitative estimate of drug-likeness (QED) is 0.816. The number of hydrogen-bond acceptors (Lipinski definition) is 5. The third-order valence-electron chi connectivity index (χ3n) is 5.08. The van der Waals surface area contributed by atoms with E-state index in [0.29, 0.717) is 23.8 Å². The number of piperidine rings is 1. The number of rotatable bonds is 4. The molecule has 0 aliphatic carbocycles. The van der Waals surface area contributed by atoms with E-state index < -0.39 is 10.0 Å². The van der Waals surface area contributed by atoms with Gasteiger partial charge in [-0.05, 0) is 49.3 Å². The molecule has 2 fully saturated rings. The maximum absolute atomic E-state index is 13.2. The lowest BCUT2D eigenvalue weighted by molar-refractivity contribution is 0.346. The van der Waals surface area contributed by atoms with Crippen LogP contribution < -0.4 is 4.90 Å². The fraction of sp³-hybridized carbons (Fsp3) is 0.500. The lowest BCUT2D eigenvalue weighted by Gasteiger charge is -2.30. The molecule has 2 aromatic heterocycles. The van der Waals surface area contributed by atoms with Crippen LogP contribution in [0.1, 0.15) is 43.0 Å². The van der Waals surface area contributed by atoms with Crippen LogP contribution in [-0.2, 0) is 10.0 Å². The first-order valence-corrected chi connectivity index (χ1v) is 11.2. The van der Waals surface area contributed by atoms with Crippen LogP contribution in [0, 0.1) is 0 Å². The maximum atomic E-state index is 13.2. The summed E-state index contributed by atoms with van der Waals surface area (Å²) in [4.78, 5) is 8.33. The van der Waals surface area contributed by atoms with Crippen molar-refractivity contribution in [1.82, 2.24) is 9.29 Å². The zero-order chi connectivity index (χ0) is 17.3. The lowest BCUT2D eigenvalue weighted by Crippen LogP contribution is -2.37. The fourth-order valence-corrected chi connectivity index (χ4v) is 6.38. The Labute approximate surface area is 153 Å². The van der Waals surface area contributed by atoms with Gasteiger partial charge in [-0.25, -0.2) is 13.4 Å². The Morgan fingerprint density at radius 3 is 2.64 bits per heavy atom. The average molecular weight is 378 g/mol. The molecule has 0 N–H and O–H groups in total. The van der Waals surface area contributed by atoms with Gasteiger partial charge in [0.15, 0.2) is 0 Å². The molecular formula is C18H23N3O2S2. The second kappa shape index (κ2) is 7.05. The van der Waals surface area contributed by atoms with E-state index in [-0.39, 0.29) is 6.04 Å². The summed E-state index contributed by atoms with van der Waals surface area (Å²) in [6, 6.07) is 7.87. The Balaban J connectivity index is 1.72. The van der Waals surface area contributed by atoms with Gasteiger partial charge in [-0.2, -0.15) is 4.31 Å². The van der Waals surface area contributed by atoms with Crippen molar-refractivity contribution in [3.8, 4) is 0 Å². The number of thiophene rings is 1. The number of pyridine rings is 1. The van der Waals surface area contributed by atoms with Crippen LogP contribution in [-0.4, -0.2) is 37.3 Å². The standard InChI is InChI=1S/C18H23N3O2S2/c22-25(23,20-11-2-1-3-12-20)17-9-4-10-19-18(17)21-13-5-7-15(21)16-8-6-14-24-16/h4,6,8-10,14-15H,1-3,5,7,11-13H2/t15-/m0/s1. The fourth-order valence-electron chi connectivity index (χ4n) is 3.84. The van der Waals surface area contributed by atoms with Gasteiger partial charge in [-0.3, -0.25) is 0 Å². The first kappa shape index (κ1) is 17.0. The SMILES string of the molecule is O=S(=O)(c1cccnc1N1CCC[C@H]1c1cccs1)N1CCCCC1. The van der Waals surface area contributed by atoms with Crippen LogP contribution in [0.3, 0.4) is 0 Å². The van der Waals surface area contributed by atoms with E-state index in [1.807, 2.05) is 0 Å².